The van der Waals surface area contributed by atoms with Gasteiger partial charge in [-0.1, -0.05) is 36.4 Å². The molecule has 1 aliphatic heterocycles. The van der Waals surface area contributed by atoms with Crippen LogP contribution in [0.1, 0.15) is 38.1 Å². The zero-order valence-corrected chi connectivity index (χ0v) is 15.8. The summed E-state index contributed by atoms with van der Waals surface area (Å²) in [5, 5.41) is 4.84. The van der Waals surface area contributed by atoms with Crippen molar-refractivity contribution < 1.29 is 9.59 Å². The predicted octanol–water partition coefficient (Wildman–Crippen LogP) is 4.27. The van der Waals surface area contributed by atoms with Gasteiger partial charge in [0, 0.05) is 23.8 Å². The molecule has 2 aromatic carbocycles. The van der Waals surface area contributed by atoms with Gasteiger partial charge in [-0.05, 0) is 54.1 Å². The Morgan fingerprint density at radius 2 is 1.93 bits per heavy atom. The summed E-state index contributed by atoms with van der Waals surface area (Å²) in [7, 11) is 0. The third kappa shape index (κ3) is 3.51. The molecule has 1 aliphatic rings. The number of thiophene rings is 1. The van der Waals surface area contributed by atoms with Crippen molar-refractivity contribution in [2.45, 2.75) is 25.9 Å². The van der Waals surface area contributed by atoms with Crippen LogP contribution < -0.4 is 10.2 Å². The lowest BCUT2D eigenvalue weighted by Crippen LogP contribution is -2.35. The van der Waals surface area contributed by atoms with E-state index in [4.69, 9.17) is 0 Å². The van der Waals surface area contributed by atoms with E-state index in [1.54, 1.807) is 0 Å². The summed E-state index contributed by atoms with van der Waals surface area (Å²) in [5.74, 6) is -0.0577. The van der Waals surface area contributed by atoms with Gasteiger partial charge in [-0.15, -0.1) is 11.3 Å². The molecule has 4 nitrogen and oxygen atoms in total. The first kappa shape index (κ1) is 17.5. The maximum absolute atomic E-state index is 13.0. The first-order valence-corrected chi connectivity index (χ1v) is 9.83. The first-order valence-electron chi connectivity index (χ1n) is 8.95. The van der Waals surface area contributed by atoms with Gasteiger partial charge in [0.15, 0.2) is 0 Å². The van der Waals surface area contributed by atoms with Crippen LogP contribution in [-0.4, -0.2) is 17.9 Å². The second-order valence-electron chi connectivity index (χ2n) is 6.72. The molecule has 4 rings (SSSR count). The van der Waals surface area contributed by atoms with Crippen LogP contribution in [0.25, 0.3) is 0 Å². The topological polar surface area (TPSA) is 49.4 Å². The minimum Gasteiger partial charge on any atom is -0.347 e. The van der Waals surface area contributed by atoms with Gasteiger partial charge in [0.25, 0.3) is 11.8 Å². The Morgan fingerprint density at radius 1 is 1.11 bits per heavy atom. The molecule has 0 spiro atoms. The number of hydrogen-bond donors (Lipinski definition) is 1. The molecule has 0 radical (unpaired) electrons. The van der Waals surface area contributed by atoms with E-state index in [0.29, 0.717) is 17.0 Å². The van der Waals surface area contributed by atoms with Gasteiger partial charge in [0.1, 0.15) is 0 Å². The molecular weight excluding hydrogens is 356 g/mol. The second kappa shape index (κ2) is 7.37. The highest BCUT2D eigenvalue weighted by Crippen LogP contribution is 2.34. The fraction of sp³-hybridized carbons (Fsp3) is 0.182. The van der Waals surface area contributed by atoms with Gasteiger partial charge in [0.05, 0.1) is 4.88 Å². The number of carbonyl (C=O) groups is 2. The van der Waals surface area contributed by atoms with Gasteiger partial charge >= 0.3 is 0 Å². The molecule has 0 unspecified atom stereocenters. The highest BCUT2D eigenvalue weighted by Gasteiger charge is 2.31. The molecule has 1 atom stereocenters. The van der Waals surface area contributed by atoms with Crippen LogP contribution >= 0.6 is 11.3 Å². The third-order valence-corrected chi connectivity index (χ3v) is 5.67. The summed E-state index contributed by atoms with van der Waals surface area (Å²) in [4.78, 5) is 27.7. The molecular formula is C22H20N2O2S. The molecule has 2 heterocycles. The summed E-state index contributed by atoms with van der Waals surface area (Å²) in [5.41, 5.74) is 3.78. The second-order valence-corrected chi connectivity index (χ2v) is 7.67. The lowest BCUT2D eigenvalue weighted by atomic mass is 10.1. The van der Waals surface area contributed by atoms with Gasteiger partial charge in [-0.25, -0.2) is 0 Å². The fourth-order valence-corrected chi connectivity index (χ4v) is 4.11. The van der Waals surface area contributed by atoms with E-state index < -0.39 is 0 Å². The van der Waals surface area contributed by atoms with E-state index in [2.05, 4.69) is 18.3 Å². The van der Waals surface area contributed by atoms with E-state index in [9.17, 15) is 9.59 Å². The summed E-state index contributed by atoms with van der Waals surface area (Å²) in [6.45, 7) is 2.50. The summed E-state index contributed by atoms with van der Waals surface area (Å²) < 4.78 is 0. The van der Waals surface area contributed by atoms with E-state index in [-0.39, 0.29) is 17.9 Å². The molecule has 136 valence electrons. The molecule has 2 amide bonds. The third-order valence-electron chi connectivity index (χ3n) is 4.80. The number of rotatable bonds is 4. The number of nitrogens with zero attached hydrogens (tertiary/aromatic N) is 1. The van der Waals surface area contributed by atoms with E-state index >= 15 is 0 Å². The Morgan fingerprint density at radius 3 is 2.67 bits per heavy atom. The van der Waals surface area contributed by atoms with Gasteiger partial charge in [-0.3, -0.25) is 9.59 Å². The zero-order chi connectivity index (χ0) is 18.8. The van der Waals surface area contributed by atoms with Gasteiger partial charge in [0.2, 0.25) is 0 Å². The predicted molar refractivity (Wildman–Crippen MR) is 108 cm³/mol. The van der Waals surface area contributed by atoms with Crippen LogP contribution in [0.3, 0.4) is 0 Å². The molecule has 5 heteroatoms. The number of nitrogens with one attached hydrogen (secondary N) is 1. The minimum atomic E-state index is -0.0731. The Kier molecular flexibility index (Phi) is 4.77. The maximum Gasteiger partial charge on any atom is 0.261 e. The molecule has 0 bridgehead atoms. The lowest BCUT2D eigenvalue weighted by Gasteiger charge is -2.23. The van der Waals surface area contributed by atoms with Crippen LogP contribution in [0.4, 0.5) is 5.69 Å². The number of fused-ring (bicyclic) bond motifs is 1. The molecule has 0 saturated heterocycles. The van der Waals surface area contributed by atoms with Crippen LogP contribution in [0.15, 0.2) is 66.0 Å². The minimum absolute atomic E-state index is 0.0154. The van der Waals surface area contributed by atoms with Crippen LogP contribution in [0, 0.1) is 0 Å². The van der Waals surface area contributed by atoms with Gasteiger partial charge < -0.3 is 10.2 Å². The van der Waals surface area contributed by atoms with E-state index in [0.717, 1.165) is 17.7 Å². The number of benzene rings is 2. The summed E-state index contributed by atoms with van der Waals surface area (Å²) in [6.07, 6.45) is 0.843. The van der Waals surface area contributed by atoms with E-state index in [1.165, 1.54) is 16.9 Å². The Labute approximate surface area is 162 Å². The number of hydrogen-bond acceptors (Lipinski definition) is 3. The summed E-state index contributed by atoms with van der Waals surface area (Å²) in [6, 6.07) is 19.3. The molecule has 3 aromatic rings. The van der Waals surface area contributed by atoms with Crippen molar-refractivity contribution >= 4 is 28.8 Å². The smallest absolute Gasteiger partial charge is 0.261 e. The molecule has 1 aromatic heterocycles. The molecule has 0 aliphatic carbocycles. The first-order chi connectivity index (χ1) is 13.1. The monoisotopic (exact) mass is 376 g/mol. The fourth-order valence-electron chi connectivity index (χ4n) is 3.47. The van der Waals surface area contributed by atoms with Crippen LogP contribution in [-0.2, 0) is 13.0 Å². The highest BCUT2D eigenvalue weighted by atomic mass is 32.1. The van der Waals surface area contributed by atoms with Crippen molar-refractivity contribution in [1.82, 2.24) is 5.32 Å². The molecule has 0 fully saturated rings. The number of anilines is 1. The Hall–Kier alpha value is -2.92. The van der Waals surface area contributed by atoms with Crippen molar-refractivity contribution in [3.8, 4) is 0 Å². The van der Waals surface area contributed by atoms with Crippen molar-refractivity contribution in [2.75, 3.05) is 4.90 Å². The quantitative estimate of drug-likeness (QED) is 0.739. The number of carbonyl (C=O) groups excluding carboxylic acids is 2. The van der Waals surface area contributed by atoms with Crippen LogP contribution in [0.2, 0.25) is 0 Å². The van der Waals surface area contributed by atoms with Crippen molar-refractivity contribution in [3.63, 3.8) is 0 Å². The number of amides is 2. The average Bonchev–Trinajstić information content (AvgIpc) is 3.33. The van der Waals surface area contributed by atoms with Crippen molar-refractivity contribution in [3.05, 3.63) is 87.6 Å². The lowest BCUT2D eigenvalue weighted by molar-refractivity contribution is 0.0952. The van der Waals surface area contributed by atoms with Crippen molar-refractivity contribution in [2.24, 2.45) is 0 Å². The highest BCUT2D eigenvalue weighted by molar-refractivity contribution is 7.12. The van der Waals surface area contributed by atoms with Crippen LogP contribution in [0.5, 0.6) is 0 Å². The largest absolute Gasteiger partial charge is 0.347 e. The Bertz CT molecular complexity index is 967. The summed E-state index contributed by atoms with van der Waals surface area (Å²) >= 11 is 1.42. The molecule has 0 saturated carbocycles. The zero-order valence-electron chi connectivity index (χ0n) is 15.0. The molecule has 1 N–H and O–H groups in total. The van der Waals surface area contributed by atoms with Crippen molar-refractivity contribution in [1.29, 1.82) is 0 Å². The Balaban J connectivity index is 1.55. The maximum atomic E-state index is 13.0. The average molecular weight is 376 g/mol. The molecule has 27 heavy (non-hydrogen) atoms. The standard InChI is InChI=1S/C22H20N2O2S/c1-15-12-18-10-9-16(14-23-21(25)20-8-5-11-27-20)13-19(18)24(15)22(26)17-6-3-2-4-7-17/h2-11,13,15H,12,14H2,1H3,(H,23,25)/t15-/m0/s1. The SMILES string of the molecule is C[C@H]1Cc2ccc(CNC(=O)c3cccs3)cc2N1C(=O)c1ccccc1. The van der Waals surface area contributed by atoms with E-state index in [1.807, 2.05) is 64.9 Å². The van der Waals surface area contributed by atoms with Gasteiger partial charge in [-0.2, -0.15) is 0 Å². The normalized spacial score (nSPS) is 15.4.